The third-order valence-corrected chi connectivity index (χ3v) is 26.2. The molecule has 0 heterocycles. The summed E-state index contributed by atoms with van der Waals surface area (Å²) in [6.45, 7) is -16.2. The molecule has 0 fully saturated rings. The van der Waals surface area contributed by atoms with Crippen molar-refractivity contribution in [2.75, 3.05) is 145 Å². The van der Waals surface area contributed by atoms with E-state index in [0.717, 1.165) is 31.9 Å². The third-order valence-electron chi connectivity index (χ3n) is 18.8. The van der Waals surface area contributed by atoms with E-state index in [1.54, 1.807) is 47.9 Å². The van der Waals surface area contributed by atoms with Crippen LogP contribution < -0.4 is 10.6 Å². The first-order valence-corrected chi connectivity index (χ1v) is 52.4. The predicted octanol–water partition coefficient (Wildman–Crippen LogP) is 19.9. The van der Waals surface area contributed by atoms with Crippen LogP contribution in [0, 0.1) is 119 Å². The molecule has 0 rings (SSSR count). The Morgan fingerprint density at radius 2 is 0.544 bits per heavy atom. The molecule has 0 aromatic rings. The Labute approximate surface area is 839 Å². The molecule has 147 heavy (non-hydrogen) atoms. The summed E-state index contributed by atoms with van der Waals surface area (Å²) in [6, 6.07) is 8.45. The molecule has 43 nitrogen and oxygen atoms in total. The van der Waals surface area contributed by atoms with Gasteiger partial charge in [0, 0.05) is 63.8 Å². The minimum atomic E-state index is -5.80. The Morgan fingerprint density at radius 3 is 0.796 bits per heavy atom. The Hall–Kier alpha value is -7.85. The first-order chi connectivity index (χ1) is 68.8. The van der Waals surface area contributed by atoms with Crippen molar-refractivity contribution in [3.05, 3.63) is 0 Å². The number of hydrogen-bond acceptors (Lipinski definition) is 41. The van der Waals surface area contributed by atoms with Crippen molar-refractivity contribution >= 4 is 56.9 Å². The number of nitrogens with one attached hydrogen (secondary N) is 2. The van der Waals surface area contributed by atoms with Crippen LogP contribution in [-0.2, 0) is 119 Å². The first kappa shape index (κ1) is 148. The monoisotopic (exact) mass is 2260 g/mol. The van der Waals surface area contributed by atoms with Crippen LogP contribution >= 0.6 is 39.1 Å². The lowest BCUT2D eigenvalue weighted by Gasteiger charge is -2.36. The summed E-state index contributed by atoms with van der Waals surface area (Å²) in [5, 5.41) is 125. The highest BCUT2D eigenvalue weighted by molar-refractivity contribution is 7.49. The zero-order valence-corrected chi connectivity index (χ0v) is 85.1. The molecule has 0 saturated carbocycles. The summed E-state index contributed by atoms with van der Waals surface area (Å²) < 4.78 is 424. The Bertz CT molecular complexity index is 3920. The minimum absolute atomic E-state index is 0.00973. The summed E-state index contributed by atoms with van der Waals surface area (Å²) in [5.74, 6) is -5.44. The Balaban J connectivity index is -0.00000531. The standard InChI is InChI=1S/C77H124F18N7O28P5.4CHNO/c1-3-66(105)115-46-12-8-9-15-49-118-133(110,121-52-24-39-98)126-59-69(2,60-127-134(111,122-53-25-40-99)129-64(57-124-131(108,119-50-22-37-96)116-47-13-6-4-10-44-103)55-113-62-70(27-16-33-72(78,79)80,28-17-34-73(81,82)83)31-20-42-101-67(106)76(90,91)92)61-128-135(112,123-54-26-41-100)130-65(58-125-132(109,120-51-23-38-97)117-48-14-7-5-11-45-104)56-114-63-71(29-18-35-74(84,85)86,30-19-36-75(87,88)89)32-21-43-102-68(107)77(93,94)95;4*2-1-3/h64-65,103-104H,3-36,42-63H2,1-2H3,(H,101,106)(H,102,107);4*3H. The first-order valence-electron chi connectivity index (χ1n) is 45.0. The predicted molar refractivity (Wildman–Crippen MR) is 468 cm³/mol. The number of hydrogen-bond donors (Lipinski definition) is 8. The molecule has 0 aromatic carbocycles. The van der Waals surface area contributed by atoms with Crippen LogP contribution in [0.5, 0.6) is 0 Å². The molecular weight excluding hydrogens is 2140 g/mol. The van der Waals surface area contributed by atoms with Crippen molar-refractivity contribution in [3.63, 3.8) is 0 Å². The van der Waals surface area contributed by atoms with Crippen molar-refractivity contribution in [1.82, 2.24) is 10.6 Å². The number of aliphatic hydroxyl groups is 6. The van der Waals surface area contributed by atoms with Gasteiger partial charge in [-0.2, -0.15) is 126 Å². The van der Waals surface area contributed by atoms with E-state index in [9.17, 15) is 144 Å². The van der Waals surface area contributed by atoms with E-state index in [1.807, 2.05) is 0 Å². The van der Waals surface area contributed by atoms with Crippen LogP contribution in [0.2, 0.25) is 0 Å². The molecule has 7 atom stereocenters. The molecule has 0 spiro atoms. The van der Waals surface area contributed by atoms with Gasteiger partial charge in [-0.25, -0.2) is 22.8 Å². The van der Waals surface area contributed by atoms with Crippen LogP contribution in [-0.4, -0.2) is 243 Å². The molecular formula is C81H128F18N11O32P5. The normalized spacial score (nSPS) is 14.7. The van der Waals surface area contributed by atoms with Crippen molar-refractivity contribution in [2.24, 2.45) is 16.2 Å². The second-order valence-electron chi connectivity index (χ2n) is 31.4. The maximum atomic E-state index is 15.8. The van der Waals surface area contributed by atoms with Gasteiger partial charge in [0.2, 0.25) is 0 Å². The number of unbranched alkanes of at least 4 members (excludes halogenated alkanes) is 9. The fourth-order valence-electron chi connectivity index (χ4n) is 12.0. The van der Waals surface area contributed by atoms with E-state index in [4.69, 9.17) is 124 Å². The number of ether oxygens (including phenoxy) is 3. The number of rotatable bonds is 85. The molecule has 0 aliphatic heterocycles. The molecule has 0 saturated heterocycles. The van der Waals surface area contributed by atoms with Gasteiger partial charge in [-0.05, 0) is 133 Å². The summed E-state index contributed by atoms with van der Waals surface area (Å²) in [7, 11) is -26.9. The minimum Gasteiger partial charge on any atom is -0.466 e. The molecule has 0 aromatic heterocycles. The van der Waals surface area contributed by atoms with Gasteiger partial charge in [0.25, 0.3) is 25.0 Å². The molecule has 7 unspecified atom stereocenters. The van der Waals surface area contributed by atoms with Crippen molar-refractivity contribution in [2.45, 2.75) is 281 Å². The van der Waals surface area contributed by atoms with E-state index in [2.05, 4.69) is 0 Å². The van der Waals surface area contributed by atoms with Crippen molar-refractivity contribution in [3.8, 4) is 55.4 Å². The van der Waals surface area contributed by atoms with E-state index in [1.165, 1.54) is 0 Å². The van der Waals surface area contributed by atoms with Gasteiger partial charge in [-0.15, -0.1) is 0 Å². The van der Waals surface area contributed by atoms with Crippen LogP contribution in [0.4, 0.5) is 79.0 Å². The van der Waals surface area contributed by atoms with Gasteiger partial charge in [-0.3, -0.25) is 82.2 Å². The number of halogens is 18. The van der Waals surface area contributed by atoms with Crippen molar-refractivity contribution in [1.29, 1.82) is 47.4 Å². The average Bonchev–Trinajstić information content (AvgIpc) is 0.815. The average molecular weight is 2260 g/mol. The lowest BCUT2D eigenvalue weighted by molar-refractivity contribution is -0.173. The highest BCUT2D eigenvalue weighted by Crippen LogP contribution is 2.59. The smallest absolute Gasteiger partial charge is 0.466 e. The van der Waals surface area contributed by atoms with Crippen LogP contribution in [0.25, 0.3) is 0 Å². The zero-order chi connectivity index (χ0) is 113. The molecule has 2 amide bonds. The van der Waals surface area contributed by atoms with Gasteiger partial charge < -0.3 is 55.5 Å². The summed E-state index contributed by atoms with van der Waals surface area (Å²) in [5.41, 5.74) is -6.29. The molecule has 850 valence electrons. The lowest BCUT2D eigenvalue weighted by atomic mass is 9.75. The number of nitrogens with zero attached hydrogens (tertiary/aromatic N) is 9. The Kier molecular flexibility index (Phi) is 84.1. The second-order valence-corrected chi connectivity index (χ2v) is 39.7. The summed E-state index contributed by atoms with van der Waals surface area (Å²) in [6.07, 6.45) is -46.7. The van der Waals surface area contributed by atoms with Crippen LogP contribution in [0.3, 0.4) is 0 Å². The second kappa shape index (κ2) is 83.7. The van der Waals surface area contributed by atoms with Gasteiger partial charge in [0.1, 0.15) is 12.2 Å². The molecule has 66 heteroatoms. The molecule has 0 radical (unpaired) electrons. The quantitative estimate of drug-likeness (QED) is 0.00921. The number of esters is 1. The highest BCUT2D eigenvalue weighted by Gasteiger charge is 2.47. The number of phosphoric acid groups is 5. The molecule has 8 N–H and O–H groups in total. The molecule has 0 bridgehead atoms. The van der Waals surface area contributed by atoms with E-state index in [0.29, 0.717) is 51.4 Å². The largest absolute Gasteiger partial charge is 0.475 e. The number of phosphoric ester groups is 5. The van der Waals surface area contributed by atoms with Crippen LogP contribution in [0.1, 0.15) is 232 Å². The zero-order valence-electron chi connectivity index (χ0n) is 80.6. The molecule has 0 aliphatic carbocycles. The maximum Gasteiger partial charge on any atom is 0.475 e. The number of nitriles is 9. The summed E-state index contributed by atoms with van der Waals surface area (Å²) in [4.78, 5) is 35.5. The molecule has 0 aliphatic rings. The highest BCUT2D eigenvalue weighted by atomic mass is 31.2. The summed E-state index contributed by atoms with van der Waals surface area (Å²) >= 11 is 0. The number of alkyl halides is 18. The number of amides is 2. The fourth-order valence-corrected chi connectivity index (χ4v) is 18.8. The third kappa shape index (κ3) is 87.4. The number of carbonyl (C=O) groups is 3. The SMILES string of the molecule is CCC(=O)OCCCCCCOP(=O)(OCCC#N)OCC(C)(COP(=O)(OCCC#N)OC(COCC(CCCNC(=O)C(F)(F)F)(CCCC(F)(F)F)CCCC(F)(F)F)COP(=O)(OCCC#N)OCCCCCCO)COP(=O)(OCCC#N)OC(COCC(CCCNC(=O)C(F)(F)F)(CCCC(F)(F)F)CCCC(F)(F)F)COP(=O)(OCCC#N)OCCCCCCO.N#CO.N#CO.N#CO.N#CO. The number of carbonyl (C=O) groups excluding carboxylic acids is 3. The van der Waals surface area contributed by atoms with Crippen LogP contribution in [0.15, 0.2) is 0 Å². The van der Waals surface area contributed by atoms with E-state index in [-0.39, 0.29) is 51.9 Å². The van der Waals surface area contributed by atoms with Gasteiger partial charge in [0.05, 0.1) is 181 Å². The van der Waals surface area contributed by atoms with E-state index < -0.39 is 383 Å². The lowest BCUT2D eigenvalue weighted by Crippen LogP contribution is -2.38. The van der Waals surface area contributed by atoms with Gasteiger partial charge in [-0.1, -0.05) is 46.0 Å². The number of aliphatic hydroxyl groups excluding tert-OH is 6. The Morgan fingerprint density at radius 1 is 0.306 bits per heavy atom. The fraction of sp³-hybridized carbons (Fsp3) is 0.852. The van der Waals surface area contributed by atoms with E-state index >= 15 is 9.13 Å². The van der Waals surface area contributed by atoms with Gasteiger partial charge >= 0.3 is 94.0 Å². The maximum absolute atomic E-state index is 15.8. The topological polar surface area (TPSA) is 662 Å². The van der Waals surface area contributed by atoms with Crippen molar-refractivity contribution < 1.29 is 229 Å². The van der Waals surface area contributed by atoms with Gasteiger partial charge in [0.15, 0.2) is 0 Å².